The summed E-state index contributed by atoms with van der Waals surface area (Å²) in [5.41, 5.74) is 5.64. The molecule has 0 amide bonds. The molecule has 2 atom stereocenters. The lowest BCUT2D eigenvalue weighted by atomic mass is 9.93. The van der Waals surface area contributed by atoms with Gasteiger partial charge in [0.25, 0.3) is 10.2 Å². The summed E-state index contributed by atoms with van der Waals surface area (Å²) < 4.78 is 27.8. The van der Waals surface area contributed by atoms with Crippen molar-refractivity contribution >= 4 is 10.2 Å². The Morgan fingerprint density at radius 1 is 1.53 bits per heavy atom. The lowest BCUT2D eigenvalue weighted by molar-refractivity contribution is 0.190. The van der Waals surface area contributed by atoms with Crippen molar-refractivity contribution in [2.75, 3.05) is 19.6 Å². The minimum Gasteiger partial charge on any atom is -0.329 e. The molecule has 2 unspecified atom stereocenters. The molecule has 0 saturated carbocycles. The van der Waals surface area contributed by atoms with Gasteiger partial charge < -0.3 is 5.73 Å². The molecular formula is C9H21N3O2S. The molecule has 1 fully saturated rings. The number of rotatable bonds is 4. The van der Waals surface area contributed by atoms with Crippen molar-refractivity contribution in [2.24, 2.45) is 11.7 Å². The molecule has 15 heavy (non-hydrogen) atoms. The van der Waals surface area contributed by atoms with E-state index in [0.717, 1.165) is 12.8 Å². The lowest BCUT2D eigenvalue weighted by Gasteiger charge is -2.38. The van der Waals surface area contributed by atoms with Gasteiger partial charge >= 0.3 is 0 Å². The lowest BCUT2D eigenvalue weighted by Crippen LogP contribution is -2.54. The zero-order valence-corrected chi connectivity index (χ0v) is 10.3. The van der Waals surface area contributed by atoms with Crippen molar-refractivity contribution in [3.63, 3.8) is 0 Å². The minimum atomic E-state index is -3.32. The Labute approximate surface area is 92.2 Å². The highest BCUT2D eigenvalue weighted by Gasteiger charge is 2.34. The fourth-order valence-electron chi connectivity index (χ4n) is 2.12. The van der Waals surface area contributed by atoms with E-state index >= 15 is 0 Å². The molecule has 0 aromatic carbocycles. The van der Waals surface area contributed by atoms with E-state index in [1.807, 2.05) is 0 Å². The first kappa shape index (κ1) is 12.9. The molecule has 90 valence electrons. The second kappa shape index (κ2) is 5.25. The standard InChI is InChI=1S/C9H21N3O2S/c1-3-11-15(13,14)12-6-4-5-8(2)9(12)7-10/h8-9,11H,3-7,10H2,1-2H3. The fraction of sp³-hybridized carbons (Fsp3) is 1.00. The van der Waals surface area contributed by atoms with Gasteiger partial charge in [-0.25, -0.2) is 4.72 Å². The maximum Gasteiger partial charge on any atom is 0.279 e. The average Bonchev–Trinajstić information content (AvgIpc) is 2.17. The summed E-state index contributed by atoms with van der Waals surface area (Å²) in [7, 11) is -3.32. The van der Waals surface area contributed by atoms with Gasteiger partial charge in [0, 0.05) is 25.7 Å². The van der Waals surface area contributed by atoms with E-state index < -0.39 is 10.2 Å². The van der Waals surface area contributed by atoms with Gasteiger partial charge in [0.2, 0.25) is 0 Å². The zero-order chi connectivity index (χ0) is 11.5. The molecule has 1 rings (SSSR count). The summed E-state index contributed by atoms with van der Waals surface area (Å²) >= 11 is 0. The van der Waals surface area contributed by atoms with Crippen molar-refractivity contribution < 1.29 is 8.42 Å². The number of piperidine rings is 1. The summed E-state index contributed by atoms with van der Waals surface area (Å²) in [5, 5.41) is 0. The van der Waals surface area contributed by atoms with Gasteiger partial charge in [-0.2, -0.15) is 12.7 Å². The molecule has 3 N–H and O–H groups in total. The normalized spacial score (nSPS) is 29.3. The van der Waals surface area contributed by atoms with Gasteiger partial charge in [0.15, 0.2) is 0 Å². The van der Waals surface area contributed by atoms with Crippen molar-refractivity contribution in [1.82, 2.24) is 9.03 Å². The van der Waals surface area contributed by atoms with Crippen LogP contribution >= 0.6 is 0 Å². The van der Waals surface area contributed by atoms with Crippen LogP contribution in [0.2, 0.25) is 0 Å². The van der Waals surface area contributed by atoms with Crippen molar-refractivity contribution in [3.05, 3.63) is 0 Å². The third-order valence-corrected chi connectivity index (χ3v) is 4.67. The highest BCUT2D eigenvalue weighted by Crippen LogP contribution is 2.24. The summed E-state index contributed by atoms with van der Waals surface area (Å²) in [6.45, 7) is 5.24. The molecule has 0 aromatic heterocycles. The van der Waals surface area contributed by atoms with Gasteiger partial charge in [-0.05, 0) is 18.8 Å². The molecule has 6 heteroatoms. The second-order valence-corrected chi connectivity index (χ2v) is 5.74. The van der Waals surface area contributed by atoms with Gasteiger partial charge in [0.1, 0.15) is 0 Å². The smallest absolute Gasteiger partial charge is 0.279 e. The van der Waals surface area contributed by atoms with E-state index in [1.165, 1.54) is 4.31 Å². The molecule has 0 aliphatic carbocycles. The molecule has 1 heterocycles. The molecule has 0 radical (unpaired) electrons. The summed E-state index contributed by atoms with van der Waals surface area (Å²) in [6.07, 6.45) is 1.97. The largest absolute Gasteiger partial charge is 0.329 e. The van der Waals surface area contributed by atoms with Crippen LogP contribution in [-0.2, 0) is 10.2 Å². The average molecular weight is 235 g/mol. The zero-order valence-electron chi connectivity index (χ0n) is 9.44. The van der Waals surface area contributed by atoms with Crippen molar-refractivity contribution in [3.8, 4) is 0 Å². The maximum atomic E-state index is 11.9. The molecular weight excluding hydrogens is 214 g/mol. The highest BCUT2D eigenvalue weighted by atomic mass is 32.2. The quantitative estimate of drug-likeness (QED) is 0.714. The van der Waals surface area contributed by atoms with Gasteiger partial charge in [-0.15, -0.1) is 0 Å². The van der Waals surface area contributed by atoms with Gasteiger partial charge in [-0.1, -0.05) is 13.8 Å². The van der Waals surface area contributed by atoms with E-state index in [2.05, 4.69) is 11.6 Å². The van der Waals surface area contributed by atoms with Crippen LogP contribution in [0, 0.1) is 5.92 Å². The van der Waals surface area contributed by atoms with Crippen LogP contribution in [0.15, 0.2) is 0 Å². The predicted molar refractivity (Wildman–Crippen MR) is 60.5 cm³/mol. The first-order valence-corrected chi connectivity index (χ1v) is 6.93. The predicted octanol–water partition coefficient (Wildman–Crippen LogP) is -0.100. The topological polar surface area (TPSA) is 75.4 Å². The molecule has 1 saturated heterocycles. The summed E-state index contributed by atoms with van der Waals surface area (Å²) in [5.74, 6) is 0.345. The number of hydrogen-bond donors (Lipinski definition) is 2. The molecule has 5 nitrogen and oxygen atoms in total. The third kappa shape index (κ3) is 2.90. The van der Waals surface area contributed by atoms with E-state index in [0.29, 0.717) is 25.6 Å². The molecule has 0 bridgehead atoms. The van der Waals surface area contributed by atoms with Crippen LogP contribution in [0.4, 0.5) is 0 Å². The van der Waals surface area contributed by atoms with Crippen LogP contribution in [0.3, 0.4) is 0 Å². The Morgan fingerprint density at radius 3 is 2.73 bits per heavy atom. The van der Waals surface area contributed by atoms with Crippen LogP contribution in [-0.4, -0.2) is 38.4 Å². The Morgan fingerprint density at radius 2 is 2.20 bits per heavy atom. The van der Waals surface area contributed by atoms with Crippen LogP contribution in [0.5, 0.6) is 0 Å². The van der Waals surface area contributed by atoms with Crippen molar-refractivity contribution in [1.29, 1.82) is 0 Å². The Balaban J connectivity index is 2.82. The number of nitrogens with one attached hydrogen (secondary N) is 1. The van der Waals surface area contributed by atoms with Gasteiger partial charge in [0.05, 0.1) is 0 Å². The van der Waals surface area contributed by atoms with E-state index in [4.69, 9.17) is 5.73 Å². The van der Waals surface area contributed by atoms with E-state index in [-0.39, 0.29) is 6.04 Å². The van der Waals surface area contributed by atoms with E-state index in [1.54, 1.807) is 6.92 Å². The highest BCUT2D eigenvalue weighted by molar-refractivity contribution is 7.87. The monoisotopic (exact) mass is 235 g/mol. The SMILES string of the molecule is CCNS(=O)(=O)N1CCCC(C)C1CN. The Bertz CT molecular complexity index is 292. The number of nitrogens with two attached hydrogens (primary N) is 1. The first-order chi connectivity index (χ1) is 7.03. The molecule has 0 spiro atoms. The summed E-state index contributed by atoms with van der Waals surface area (Å²) in [4.78, 5) is 0. The number of nitrogens with zero attached hydrogens (tertiary/aromatic N) is 1. The van der Waals surface area contributed by atoms with Crippen LogP contribution in [0.1, 0.15) is 26.7 Å². The van der Waals surface area contributed by atoms with Gasteiger partial charge in [-0.3, -0.25) is 0 Å². The molecule has 0 aromatic rings. The second-order valence-electron chi connectivity index (χ2n) is 4.04. The fourth-order valence-corrected chi connectivity index (χ4v) is 3.68. The van der Waals surface area contributed by atoms with Crippen LogP contribution in [0.25, 0.3) is 0 Å². The molecule has 1 aliphatic rings. The first-order valence-electron chi connectivity index (χ1n) is 5.49. The molecule has 1 aliphatic heterocycles. The maximum absolute atomic E-state index is 11.9. The van der Waals surface area contributed by atoms with E-state index in [9.17, 15) is 8.42 Å². The minimum absolute atomic E-state index is 0.0530. The Hall–Kier alpha value is -0.170. The van der Waals surface area contributed by atoms with Crippen molar-refractivity contribution in [2.45, 2.75) is 32.7 Å². The van der Waals surface area contributed by atoms with Crippen LogP contribution < -0.4 is 10.5 Å². The third-order valence-electron chi connectivity index (χ3n) is 2.94. The number of hydrogen-bond acceptors (Lipinski definition) is 3. The Kier molecular flexibility index (Phi) is 4.51. The summed E-state index contributed by atoms with van der Waals surface area (Å²) in [6, 6.07) is -0.0530.